The number of alkyl halides is 3. The number of benzene rings is 1. The van der Waals surface area contributed by atoms with Gasteiger partial charge in [0, 0.05) is 12.5 Å². The van der Waals surface area contributed by atoms with E-state index < -0.39 is 39.6 Å². The van der Waals surface area contributed by atoms with Gasteiger partial charge in [0.1, 0.15) is 12.1 Å². The zero-order chi connectivity index (χ0) is 20.7. The molecule has 0 saturated heterocycles. The molecule has 12 heteroatoms. The molecule has 3 aromatic rings. The third kappa shape index (κ3) is 4.22. The fourth-order valence-corrected chi connectivity index (χ4v) is 4.02. The van der Waals surface area contributed by atoms with Crippen molar-refractivity contribution in [1.82, 2.24) is 9.55 Å². The first-order valence-electron chi connectivity index (χ1n) is 7.62. The topological polar surface area (TPSA) is 98.1 Å². The summed E-state index contributed by atoms with van der Waals surface area (Å²) in [6.07, 6.45) is -2.68. The van der Waals surface area contributed by atoms with Crippen molar-refractivity contribution in [2.75, 3.05) is 11.6 Å². The predicted octanol–water partition coefficient (Wildman–Crippen LogP) is 2.52. The minimum Gasteiger partial charge on any atom is -0.306 e. The van der Waals surface area contributed by atoms with Gasteiger partial charge in [-0.2, -0.15) is 13.2 Å². The van der Waals surface area contributed by atoms with Crippen molar-refractivity contribution in [2.45, 2.75) is 17.6 Å². The zero-order valence-corrected chi connectivity index (χ0v) is 15.8. The van der Waals surface area contributed by atoms with Crippen LogP contribution in [0.25, 0.3) is 10.2 Å². The molecule has 1 amide bonds. The number of pyridine rings is 1. The number of thiazole rings is 1. The summed E-state index contributed by atoms with van der Waals surface area (Å²) in [6, 6.07) is 5.95. The number of nitrogens with one attached hydrogen (secondary N) is 1. The maximum atomic E-state index is 12.8. The molecule has 28 heavy (non-hydrogen) atoms. The smallest absolute Gasteiger partial charge is 0.306 e. The average molecular weight is 431 g/mol. The van der Waals surface area contributed by atoms with Gasteiger partial charge < -0.3 is 9.88 Å². The van der Waals surface area contributed by atoms with Gasteiger partial charge in [-0.15, -0.1) is 0 Å². The highest BCUT2D eigenvalue weighted by Crippen LogP contribution is 2.28. The first kappa shape index (κ1) is 20.0. The van der Waals surface area contributed by atoms with Crippen LogP contribution >= 0.6 is 11.3 Å². The number of anilines is 1. The molecular weight excluding hydrogens is 419 g/mol. The number of nitrogens with zero attached hydrogens (tertiary/aromatic N) is 2. The van der Waals surface area contributed by atoms with Crippen molar-refractivity contribution in [3.05, 3.63) is 52.4 Å². The maximum Gasteiger partial charge on any atom is 0.421 e. The molecular formula is C16H12F3N3O4S2. The van der Waals surface area contributed by atoms with Crippen molar-refractivity contribution >= 4 is 42.4 Å². The number of carbonyl (C=O) groups excluding carboxylic acids is 1. The quantitative estimate of drug-likeness (QED) is 0.685. The van der Waals surface area contributed by atoms with Crippen LogP contribution in [-0.4, -0.2) is 30.1 Å². The van der Waals surface area contributed by atoms with Crippen molar-refractivity contribution in [2.24, 2.45) is 0 Å². The van der Waals surface area contributed by atoms with E-state index in [0.29, 0.717) is 20.9 Å². The number of amides is 1. The monoisotopic (exact) mass is 431 g/mol. The molecule has 0 saturated carbocycles. The standard InChI is InChI=1S/C16H12F3N3O4S2/c1-28(25,26)9-4-5-11-12(7-9)27-15(20-11)21-13(23)8-22-6-2-3-10(14(22)24)16(17,18)19/h2-7H,8H2,1H3,(H,20,21,23). The number of carbonyl (C=O) groups is 1. The van der Waals surface area contributed by atoms with Crippen LogP contribution < -0.4 is 10.9 Å². The Morgan fingerprint density at radius 1 is 1.29 bits per heavy atom. The molecule has 3 rings (SSSR count). The van der Waals surface area contributed by atoms with E-state index in [2.05, 4.69) is 10.3 Å². The molecule has 2 aromatic heterocycles. The number of aromatic nitrogens is 2. The van der Waals surface area contributed by atoms with Gasteiger partial charge in [-0.25, -0.2) is 13.4 Å². The van der Waals surface area contributed by atoms with Gasteiger partial charge >= 0.3 is 6.18 Å². The highest BCUT2D eigenvalue weighted by atomic mass is 32.2. The van der Waals surface area contributed by atoms with Gasteiger partial charge in [0.15, 0.2) is 15.0 Å². The molecule has 0 bridgehead atoms. The van der Waals surface area contributed by atoms with Crippen LogP contribution in [0.1, 0.15) is 5.56 Å². The second-order valence-corrected chi connectivity index (χ2v) is 8.87. The van der Waals surface area contributed by atoms with Crippen molar-refractivity contribution in [1.29, 1.82) is 0 Å². The minimum absolute atomic E-state index is 0.0945. The largest absolute Gasteiger partial charge is 0.421 e. The molecule has 7 nitrogen and oxygen atoms in total. The van der Waals surface area contributed by atoms with Gasteiger partial charge in [-0.3, -0.25) is 9.59 Å². The summed E-state index contributed by atoms with van der Waals surface area (Å²) in [7, 11) is -3.41. The molecule has 0 unspecified atom stereocenters. The SMILES string of the molecule is CS(=O)(=O)c1ccc2nc(NC(=O)Cn3cccc(C(F)(F)F)c3=O)sc2c1. The van der Waals surface area contributed by atoms with E-state index in [9.17, 15) is 31.2 Å². The van der Waals surface area contributed by atoms with Crippen molar-refractivity contribution in [3.63, 3.8) is 0 Å². The van der Waals surface area contributed by atoms with E-state index in [1.165, 1.54) is 18.2 Å². The average Bonchev–Trinajstić information content (AvgIpc) is 2.96. The van der Waals surface area contributed by atoms with E-state index in [4.69, 9.17) is 0 Å². The molecule has 0 fully saturated rings. The number of halogens is 3. The van der Waals surface area contributed by atoms with Crippen LogP contribution in [0.4, 0.5) is 18.3 Å². The van der Waals surface area contributed by atoms with Gasteiger partial charge in [0.05, 0.1) is 15.1 Å². The van der Waals surface area contributed by atoms with Crippen molar-refractivity contribution in [3.8, 4) is 0 Å². The predicted molar refractivity (Wildman–Crippen MR) is 97.1 cm³/mol. The summed E-state index contributed by atoms with van der Waals surface area (Å²) in [6.45, 7) is -0.632. The molecule has 0 spiro atoms. The Labute approximate surface area is 160 Å². The summed E-state index contributed by atoms with van der Waals surface area (Å²) in [4.78, 5) is 28.2. The first-order valence-corrected chi connectivity index (χ1v) is 10.3. The highest BCUT2D eigenvalue weighted by molar-refractivity contribution is 7.90. The number of hydrogen-bond donors (Lipinski definition) is 1. The molecule has 1 N–H and O–H groups in total. The lowest BCUT2D eigenvalue weighted by Gasteiger charge is -2.09. The fourth-order valence-electron chi connectivity index (χ4n) is 2.38. The second-order valence-electron chi connectivity index (χ2n) is 5.82. The number of hydrogen-bond acceptors (Lipinski definition) is 6. The first-order chi connectivity index (χ1) is 12.9. The Balaban J connectivity index is 1.82. The van der Waals surface area contributed by atoms with E-state index in [-0.39, 0.29) is 10.0 Å². The van der Waals surface area contributed by atoms with Gasteiger partial charge in [-0.1, -0.05) is 11.3 Å². The number of rotatable bonds is 4. The Kier molecular flexibility index (Phi) is 5.02. The van der Waals surface area contributed by atoms with Crippen molar-refractivity contribution < 1.29 is 26.4 Å². The number of fused-ring (bicyclic) bond motifs is 1. The van der Waals surface area contributed by atoms with Gasteiger partial charge in [0.2, 0.25) is 5.91 Å². The maximum absolute atomic E-state index is 12.8. The summed E-state index contributed by atoms with van der Waals surface area (Å²) >= 11 is 1.00. The zero-order valence-electron chi connectivity index (χ0n) is 14.1. The van der Waals surface area contributed by atoms with E-state index in [0.717, 1.165) is 29.9 Å². The molecule has 0 aliphatic rings. The number of sulfone groups is 1. The van der Waals surface area contributed by atoms with Crippen LogP contribution in [-0.2, 0) is 27.4 Å². The molecule has 2 heterocycles. The molecule has 0 aliphatic heterocycles. The van der Waals surface area contributed by atoms with E-state index in [1.807, 2.05) is 0 Å². The molecule has 0 atom stereocenters. The molecule has 0 radical (unpaired) electrons. The summed E-state index contributed by atoms with van der Waals surface area (Å²) < 4.78 is 62.7. The third-order valence-corrected chi connectivity index (χ3v) is 5.72. The Hall–Kier alpha value is -2.73. The molecule has 1 aromatic carbocycles. The fraction of sp³-hybridized carbons (Fsp3) is 0.188. The lowest BCUT2D eigenvalue weighted by molar-refractivity contribution is -0.139. The van der Waals surface area contributed by atoms with Crippen LogP contribution in [0.5, 0.6) is 0 Å². The Bertz CT molecular complexity index is 1230. The summed E-state index contributed by atoms with van der Waals surface area (Å²) in [5, 5.41) is 2.53. The molecule has 0 aliphatic carbocycles. The normalized spacial score (nSPS) is 12.3. The summed E-state index contributed by atoms with van der Waals surface area (Å²) in [5.41, 5.74) is -2.24. The summed E-state index contributed by atoms with van der Waals surface area (Å²) in [5.74, 6) is -0.746. The van der Waals surface area contributed by atoms with Gasteiger partial charge in [0.25, 0.3) is 5.56 Å². The van der Waals surface area contributed by atoms with Crippen LogP contribution in [0.2, 0.25) is 0 Å². The third-order valence-electron chi connectivity index (χ3n) is 3.67. The van der Waals surface area contributed by atoms with E-state index in [1.54, 1.807) is 0 Å². The van der Waals surface area contributed by atoms with Crippen LogP contribution in [0, 0.1) is 0 Å². The van der Waals surface area contributed by atoms with E-state index >= 15 is 0 Å². The lowest BCUT2D eigenvalue weighted by Crippen LogP contribution is -2.31. The second kappa shape index (κ2) is 7.02. The van der Waals surface area contributed by atoms with Gasteiger partial charge in [-0.05, 0) is 30.3 Å². The van der Waals surface area contributed by atoms with Crippen LogP contribution in [0.15, 0.2) is 46.2 Å². The highest BCUT2D eigenvalue weighted by Gasteiger charge is 2.34. The Morgan fingerprint density at radius 2 is 2.00 bits per heavy atom. The minimum atomic E-state index is -4.82. The molecule has 148 valence electrons. The van der Waals surface area contributed by atoms with Crippen LogP contribution in [0.3, 0.4) is 0 Å². The lowest BCUT2D eigenvalue weighted by atomic mass is 10.2. The Morgan fingerprint density at radius 3 is 2.64 bits per heavy atom.